The lowest BCUT2D eigenvalue weighted by Crippen LogP contribution is -2.09. The maximum atomic E-state index is 11.1. The van der Waals surface area contributed by atoms with Gasteiger partial charge in [-0.05, 0) is 24.3 Å². The minimum atomic E-state index is -3.57. The zero-order chi connectivity index (χ0) is 11.6. The Morgan fingerprint density at radius 3 is 2.31 bits per heavy atom. The van der Waals surface area contributed by atoms with E-state index in [0.29, 0.717) is 0 Å². The lowest BCUT2D eigenvalue weighted by Gasteiger charge is -1.96. The van der Waals surface area contributed by atoms with Crippen molar-refractivity contribution in [2.75, 3.05) is 0 Å². The van der Waals surface area contributed by atoms with Crippen LogP contribution in [0.4, 0.5) is 0 Å². The summed E-state index contributed by atoms with van der Waals surface area (Å²) < 4.78 is 23.3. The first-order valence-corrected chi connectivity index (χ1v) is 7.59. The van der Waals surface area contributed by atoms with Crippen LogP contribution < -0.4 is 5.14 Å². The minimum absolute atomic E-state index is 0.200. The van der Waals surface area contributed by atoms with E-state index in [1.807, 2.05) is 30.3 Å². The van der Waals surface area contributed by atoms with Crippen LogP contribution in [0.15, 0.2) is 55.8 Å². The molecule has 2 rings (SSSR count). The summed E-state index contributed by atoms with van der Waals surface area (Å²) in [6.07, 6.45) is 0. The molecule has 0 spiro atoms. The fraction of sp³-hybridized carbons (Fsp3) is 0. The van der Waals surface area contributed by atoms with Crippen molar-refractivity contribution in [3.8, 4) is 0 Å². The Bertz CT molecular complexity index is 575. The number of sulfonamides is 1. The van der Waals surface area contributed by atoms with Crippen molar-refractivity contribution < 1.29 is 8.42 Å². The van der Waals surface area contributed by atoms with E-state index in [0.717, 1.165) is 9.10 Å². The lowest BCUT2D eigenvalue weighted by atomic mass is 10.4. The second kappa shape index (κ2) is 4.58. The van der Waals surface area contributed by atoms with Crippen molar-refractivity contribution >= 4 is 33.1 Å². The Kier molecular flexibility index (Phi) is 3.34. The molecule has 16 heavy (non-hydrogen) atoms. The highest BCUT2D eigenvalue weighted by molar-refractivity contribution is 8.01. The van der Waals surface area contributed by atoms with Crippen LogP contribution in [0.5, 0.6) is 0 Å². The van der Waals surface area contributed by atoms with E-state index in [9.17, 15) is 8.42 Å². The van der Waals surface area contributed by atoms with Crippen molar-refractivity contribution in [3.63, 3.8) is 0 Å². The highest BCUT2D eigenvalue weighted by Crippen LogP contribution is 2.34. The van der Waals surface area contributed by atoms with Gasteiger partial charge in [0.1, 0.15) is 4.21 Å². The van der Waals surface area contributed by atoms with Gasteiger partial charge in [-0.1, -0.05) is 30.0 Å². The third-order valence-electron chi connectivity index (χ3n) is 1.80. The summed E-state index contributed by atoms with van der Waals surface area (Å²) in [5.74, 6) is 0. The van der Waals surface area contributed by atoms with Gasteiger partial charge in [-0.25, -0.2) is 13.6 Å². The van der Waals surface area contributed by atoms with Crippen LogP contribution in [0, 0.1) is 0 Å². The molecule has 1 aromatic heterocycles. The Balaban J connectivity index is 2.22. The van der Waals surface area contributed by atoms with E-state index in [1.54, 1.807) is 6.07 Å². The number of nitrogens with two attached hydrogens (primary N) is 1. The molecule has 0 aliphatic heterocycles. The van der Waals surface area contributed by atoms with Crippen molar-refractivity contribution in [1.82, 2.24) is 0 Å². The fourth-order valence-corrected chi connectivity index (χ4v) is 4.12. The summed E-state index contributed by atoms with van der Waals surface area (Å²) in [4.78, 5) is 1.07. The van der Waals surface area contributed by atoms with E-state index in [-0.39, 0.29) is 4.21 Å². The van der Waals surface area contributed by atoms with Crippen molar-refractivity contribution in [2.45, 2.75) is 13.3 Å². The first-order valence-electron chi connectivity index (χ1n) is 4.41. The van der Waals surface area contributed by atoms with Crippen LogP contribution in [0.25, 0.3) is 0 Å². The molecule has 0 saturated heterocycles. The number of thiophene rings is 1. The monoisotopic (exact) mass is 271 g/mol. The van der Waals surface area contributed by atoms with Gasteiger partial charge in [0.2, 0.25) is 10.0 Å². The normalized spacial score (nSPS) is 11.6. The summed E-state index contributed by atoms with van der Waals surface area (Å²) in [7, 11) is -3.57. The third kappa shape index (κ3) is 2.85. The predicted molar refractivity (Wildman–Crippen MR) is 66.3 cm³/mol. The molecule has 1 aromatic carbocycles. The molecule has 0 bridgehead atoms. The molecule has 0 aliphatic carbocycles. The van der Waals surface area contributed by atoms with Gasteiger partial charge in [0.25, 0.3) is 0 Å². The molecule has 0 radical (unpaired) electrons. The molecule has 3 nitrogen and oxygen atoms in total. The standard InChI is InChI=1S/C10H9NO2S3/c11-16(12,13)10-7-6-9(15-10)14-8-4-2-1-3-5-8/h1-7H,(H2,11,12,13). The molecular formula is C10H9NO2S3. The number of benzene rings is 1. The number of primary sulfonamides is 1. The average Bonchev–Trinajstić information content (AvgIpc) is 2.67. The van der Waals surface area contributed by atoms with Crippen LogP contribution in [0.1, 0.15) is 0 Å². The predicted octanol–water partition coefficient (Wildman–Crippen LogP) is 2.55. The topological polar surface area (TPSA) is 60.2 Å². The van der Waals surface area contributed by atoms with Gasteiger partial charge in [-0.15, -0.1) is 11.3 Å². The van der Waals surface area contributed by atoms with Crippen molar-refractivity contribution in [2.24, 2.45) is 5.14 Å². The Morgan fingerprint density at radius 2 is 1.75 bits per heavy atom. The average molecular weight is 271 g/mol. The van der Waals surface area contributed by atoms with E-state index in [1.165, 1.54) is 29.2 Å². The number of hydrogen-bond acceptors (Lipinski definition) is 4. The molecule has 0 unspecified atom stereocenters. The van der Waals surface area contributed by atoms with Gasteiger partial charge in [-0.3, -0.25) is 0 Å². The zero-order valence-electron chi connectivity index (χ0n) is 8.16. The molecular weight excluding hydrogens is 262 g/mol. The quantitative estimate of drug-likeness (QED) is 0.933. The summed E-state index contributed by atoms with van der Waals surface area (Å²) in [5, 5.41) is 5.04. The van der Waals surface area contributed by atoms with Gasteiger partial charge in [-0.2, -0.15) is 0 Å². The fourth-order valence-electron chi connectivity index (χ4n) is 1.12. The molecule has 0 aliphatic rings. The molecule has 0 fully saturated rings. The van der Waals surface area contributed by atoms with Crippen molar-refractivity contribution in [3.05, 3.63) is 42.5 Å². The molecule has 6 heteroatoms. The van der Waals surface area contributed by atoms with Crippen molar-refractivity contribution in [1.29, 1.82) is 0 Å². The van der Waals surface area contributed by atoms with E-state index >= 15 is 0 Å². The molecule has 0 saturated carbocycles. The number of hydrogen-bond donors (Lipinski definition) is 1. The molecule has 2 aromatic rings. The van der Waals surface area contributed by atoms with Crippen LogP contribution in [-0.2, 0) is 10.0 Å². The van der Waals surface area contributed by atoms with E-state index in [4.69, 9.17) is 5.14 Å². The van der Waals surface area contributed by atoms with Crippen LogP contribution in [0.2, 0.25) is 0 Å². The molecule has 0 atom stereocenters. The van der Waals surface area contributed by atoms with Gasteiger partial charge >= 0.3 is 0 Å². The van der Waals surface area contributed by atoms with E-state index < -0.39 is 10.0 Å². The van der Waals surface area contributed by atoms with Gasteiger partial charge in [0.05, 0.1) is 4.21 Å². The van der Waals surface area contributed by atoms with Crippen LogP contribution >= 0.6 is 23.1 Å². The van der Waals surface area contributed by atoms with Gasteiger partial charge < -0.3 is 0 Å². The molecule has 2 N–H and O–H groups in total. The Morgan fingerprint density at radius 1 is 1.06 bits per heavy atom. The molecule has 84 valence electrons. The van der Waals surface area contributed by atoms with Crippen LogP contribution in [0.3, 0.4) is 0 Å². The minimum Gasteiger partial charge on any atom is -0.224 e. The first-order chi connectivity index (χ1) is 7.55. The smallest absolute Gasteiger partial charge is 0.224 e. The second-order valence-electron chi connectivity index (χ2n) is 3.03. The Hall–Kier alpha value is -0.820. The SMILES string of the molecule is NS(=O)(=O)c1ccc(Sc2ccccc2)s1. The van der Waals surface area contributed by atoms with Crippen LogP contribution in [-0.4, -0.2) is 8.42 Å². The summed E-state index contributed by atoms with van der Waals surface area (Å²) in [6, 6.07) is 13.1. The number of rotatable bonds is 3. The van der Waals surface area contributed by atoms with Gasteiger partial charge in [0, 0.05) is 4.90 Å². The van der Waals surface area contributed by atoms with Gasteiger partial charge in [0.15, 0.2) is 0 Å². The first kappa shape index (κ1) is 11.7. The van der Waals surface area contributed by atoms with E-state index in [2.05, 4.69) is 0 Å². The highest BCUT2D eigenvalue weighted by Gasteiger charge is 2.11. The second-order valence-corrected chi connectivity index (χ2v) is 7.28. The summed E-state index contributed by atoms with van der Waals surface area (Å²) in [6.45, 7) is 0. The summed E-state index contributed by atoms with van der Waals surface area (Å²) >= 11 is 2.71. The molecule has 0 amide bonds. The zero-order valence-corrected chi connectivity index (χ0v) is 10.6. The maximum Gasteiger partial charge on any atom is 0.247 e. The Labute approximate surface area is 102 Å². The maximum absolute atomic E-state index is 11.1. The third-order valence-corrected chi connectivity index (χ3v) is 5.46. The molecule has 1 heterocycles. The largest absolute Gasteiger partial charge is 0.247 e. The highest BCUT2D eigenvalue weighted by atomic mass is 32.3. The summed E-state index contributed by atoms with van der Waals surface area (Å²) in [5.41, 5.74) is 0. The lowest BCUT2D eigenvalue weighted by molar-refractivity contribution is 0.600.